The lowest BCUT2D eigenvalue weighted by Crippen LogP contribution is -2.12. The molecule has 2 nitrogen and oxygen atoms in total. The van der Waals surface area contributed by atoms with Gasteiger partial charge < -0.3 is 5.73 Å². The van der Waals surface area contributed by atoms with Crippen LogP contribution in [0, 0.1) is 0 Å². The van der Waals surface area contributed by atoms with E-state index in [-0.39, 0.29) is 5.91 Å². The largest absolute Gasteiger partial charge is 0.366 e. The Hall–Kier alpha value is -1.05. The van der Waals surface area contributed by atoms with E-state index in [1.807, 2.05) is 6.08 Å². The zero-order chi connectivity index (χ0) is 12.2. The monoisotopic (exact) mass is 223 g/mol. The summed E-state index contributed by atoms with van der Waals surface area (Å²) in [4.78, 5) is 10.7. The number of carbonyl (C=O) groups is 1. The summed E-state index contributed by atoms with van der Waals surface area (Å²) in [5.41, 5.74) is 5.66. The van der Waals surface area contributed by atoms with Crippen LogP contribution in [-0.2, 0) is 4.79 Å². The van der Waals surface area contributed by atoms with Crippen LogP contribution < -0.4 is 5.73 Å². The molecule has 0 aliphatic rings. The quantitative estimate of drug-likeness (QED) is 0.324. The van der Waals surface area contributed by atoms with Crippen LogP contribution >= 0.6 is 0 Å². The average Bonchev–Trinajstić information content (AvgIpc) is 2.26. The molecule has 2 heteroatoms. The highest BCUT2D eigenvalue weighted by atomic mass is 16.1. The minimum absolute atomic E-state index is 0.357. The van der Waals surface area contributed by atoms with Crippen molar-refractivity contribution in [1.82, 2.24) is 0 Å². The number of primary amides is 1. The fraction of sp³-hybridized carbons (Fsp3) is 0.643. The Labute approximate surface area is 99.6 Å². The summed E-state index contributed by atoms with van der Waals surface area (Å²) in [5, 5.41) is 0. The van der Waals surface area contributed by atoms with Crippen molar-refractivity contribution in [1.29, 1.82) is 0 Å². The fourth-order valence-electron chi connectivity index (χ4n) is 1.63. The van der Waals surface area contributed by atoms with Gasteiger partial charge in [-0.1, -0.05) is 44.8 Å². The molecule has 0 saturated carbocycles. The van der Waals surface area contributed by atoms with Crippen LogP contribution in [0.3, 0.4) is 0 Å². The highest BCUT2D eigenvalue weighted by molar-refractivity contribution is 5.91. The third-order valence-electron chi connectivity index (χ3n) is 2.74. The van der Waals surface area contributed by atoms with Crippen molar-refractivity contribution in [3.05, 3.63) is 24.8 Å². The fourth-order valence-corrected chi connectivity index (χ4v) is 1.63. The van der Waals surface area contributed by atoms with Crippen molar-refractivity contribution >= 4 is 5.91 Å². The molecule has 0 bridgehead atoms. The van der Waals surface area contributed by atoms with E-state index in [1.165, 1.54) is 38.5 Å². The Balaban J connectivity index is 3.12. The maximum Gasteiger partial charge on any atom is 0.244 e. The molecule has 92 valence electrons. The lowest BCUT2D eigenvalue weighted by atomic mass is 10.0. The molecule has 0 atom stereocenters. The molecule has 0 aromatic heterocycles. The average molecular weight is 223 g/mol. The number of nitrogens with two attached hydrogens (primary N) is 1. The summed E-state index contributed by atoms with van der Waals surface area (Å²) >= 11 is 0. The SMILES string of the molecule is C=CCCCCCCCCCC(=C)C(N)=O. The van der Waals surface area contributed by atoms with Crippen LogP contribution in [0.25, 0.3) is 0 Å². The van der Waals surface area contributed by atoms with E-state index in [9.17, 15) is 4.79 Å². The van der Waals surface area contributed by atoms with Crippen molar-refractivity contribution in [3.63, 3.8) is 0 Å². The highest BCUT2D eigenvalue weighted by Crippen LogP contribution is 2.11. The maximum atomic E-state index is 10.7. The second-order valence-electron chi connectivity index (χ2n) is 4.27. The number of amides is 1. The molecule has 0 fully saturated rings. The molecule has 0 rings (SSSR count). The molecule has 1 amide bonds. The van der Waals surface area contributed by atoms with Gasteiger partial charge in [0.25, 0.3) is 0 Å². The molecule has 0 spiro atoms. The predicted octanol–water partition coefficient (Wildman–Crippen LogP) is 3.72. The van der Waals surface area contributed by atoms with E-state index in [1.54, 1.807) is 0 Å². The Morgan fingerprint density at radius 1 is 1.00 bits per heavy atom. The van der Waals surface area contributed by atoms with Crippen LogP contribution in [-0.4, -0.2) is 5.91 Å². The predicted molar refractivity (Wildman–Crippen MR) is 70.1 cm³/mol. The highest BCUT2D eigenvalue weighted by Gasteiger charge is 2.00. The zero-order valence-electron chi connectivity index (χ0n) is 10.3. The van der Waals surface area contributed by atoms with Crippen LogP contribution in [0.15, 0.2) is 24.8 Å². The molecule has 0 aliphatic heterocycles. The molecule has 0 radical (unpaired) electrons. The molecule has 16 heavy (non-hydrogen) atoms. The van der Waals surface area contributed by atoms with Gasteiger partial charge in [0.1, 0.15) is 0 Å². The van der Waals surface area contributed by atoms with Gasteiger partial charge in [0, 0.05) is 5.57 Å². The Morgan fingerprint density at radius 3 is 2.00 bits per heavy atom. The molecular weight excluding hydrogens is 198 g/mol. The van der Waals surface area contributed by atoms with Crippen LogP contribution in [0.4, 0.5) is 0 Å². The first-order chi connectivity index (χ1) is 7.68. The number of hydrogen-bond donors (Lipinski definition) is 1. The number of hydrogen-bond acceptors (Lipinski definition) is 1. The second kappa shape index (κ2) is 10.5. The van der Waals surface area contributed by atoms with E-state index < -0.39 is 0 Å². The summed E-state index contributed by atoms with van der Waals surface area (Å²) in [6, 6.07) is 0. The van der Waals surface area contributed by atoms with Gasteiger partial charge in [-0.2, -0.15) is 0 Å². The normalized spacial score (nSPS) is 10.0. The summed E-state index contributed by atoms with van der Waals surface area (Å²) in [6.07, 6.45) is 12.5. The van der Waals surface area contributed by atoms with E-state index in [2.05, 4.69) is 13.2 Å². The van der Waals surface area contributed by atoms with E-state index in [0.717, 1.165) is 19.3 Å². The zero-order valence-corrected chi connectivity index (χ0v) is 10.3. The van der Waals surface area contributed by atoms with Gasteiger partial charge in [0.05, 0.1) is 0 Å². The lowest BCUT2D eigenvalue weighted by Gasteiger charge is -2.02. The minimum Gasteiger partial charge on any atom is -0.366 e. The summed E-state index contributed by atoms with van der Waals surface area (Å²) in [6.45, 7) is 7.34. The van der Waals surface area contributed by atoms with Crippen molar-refractivity contribution < 1.29 is 4.79 Å². The molecule has 0 heterocycles. The summed E-state index contributed by atoms with van der Waals surface area (Å²) < 4.78 is 0. The Morgan fingerprint density at radius 2 is 1.50 bits per heavy atom. The molecule has 0 aromatic carbocycles. The van der Waals surface area contributed by atoms with Gasteiger partial charge in [0.15, 0.2) is 0 Å². The first-order valence-electron chi connectivity index (χ1n) is 6.27. The first kappa shape index (κ1) is 14.9. The maximum absolute atomic E-state index is 10.7. The molecule has 0 aliphatic carbocycles. The minimum atomic E-state index is -0.357. The number of allylic oxidation sites excluding steroid dienone is 1. The summed E-state index contributed by atoms with van der Waals surface area (Å²) in [5.74, 6) is -0.357. The van der Waals surface area contributed by atoms with Gasteiger partial charge in [-0.05, 0) is 25.7 Å². The topological polar surface area (TPSA) is 43.1 Å². The Kier molecular flexibility index (Phi) is 9.78. The number of rotatable bonds is 11. The summed E-state index contributed by atoms with van der Waals surface area (Å²) in [7, 11) is 0. The lowest BCUT2D eigenvalue weighted by molar-refractivity contribution is -0.114. The standard InChI is InChI=1S/C14H25NO/c1-3-4-5-6-7-8-9-10-11-12-13(2)14(15)16/h3H,1-2,4-12H2,(H2,15,16). The van der Waals surface area contributed by atoms with E-state index >= 15 is 0 Å². The van der Waals surface area contributed by atoms with Gasteiger partial charge in [-0.3, -0.25) is 4.79 Å². The first-order valence-corrected chi connectivity index (χ1v) is 6.27. The van der Waals surface area contributed by atoms with Crippen LogP contribution in [0.1, 0.15) is 57.8 Å². The van der Waals surface area contributed by atoms with Gasteiger partial charge in [-0.15, -0.1) is 6.58 Å². The Bertz CT molecular complexity index is 221. The van der Waals surface area contributed by atoms with Crippen molar-refractivity contribution in [2.24, 2.45) is 5.73 Å². The van der Waals surface area contributed by atoms with E-state index in [4.69, 9.17) is 5.73 Å². The molecule has 0 aromatic rings. The van der Waals surface area contributed by atoms with Crippen molar-refractivity contribution in [3.8, 4) is 0 Å². The smallest absolute Gasteiger partial charge is 0.244 e. The third-order valence-corrected chi connectivity index (χ3v) is 2.74. The van der Waals surface area contributed by atoms with Crippen molar-refractivity contribution in [2.75, 3.05) is 0 Å². The van der Waals surface area contributed by atoms with Crippen molar-refractivity contribution in [2.45, 2.75) is 57.8 Å². The molecule has 0 saturated heterocycles. The van der Waals surface area contributed by atoms with Gasteiger partial charge in [0.2, 0.25) is 5.91 Å². The third kappa shape index (κ3) is 9.50. The number of carbonyl (C=O) groups excluding carboxylic acids is 1. The van der Waals surface area contributed by atoms with E-state index in [0.29, 0.717) is 5.57 Å². The molecule has 2 N–H and O–H groups in total. The van der Waals surface area contributed by atoms with Gasteiger partial charge in [-0.25, -0.2) is 0 Å². The van der Waals surface area contributed by atoms with Crippen LogP contribution in [0.2, 0.25) is 0 Å². The van der Waals surface area contributed by atoms with Crippen LogP contribution in [0.5, 0.6) is 0 Å². The number of unbranched alkanes of at least 4 members (excludes halogenated alkanes) is 7. The molecular formula is C14H25NO. The second-order valence-corrected chi connectivity index (χ2v) is 4.27. The van der Waals surface area contributed by atoms with Gasteiger partial charge >= 0.3 is 0 Å². The molecule has 0 unspecified atom stereocenters.